The highest BCUT2D eigenvalue weighted by molar-refractivity contribution is 7.92. The molecule has 0 fully saturated rings. The molecule has 8 nitrogen and oxygen atoms in total. The number of halogens is 1. The molecule has 0 aliphatic carbocycles. The van der Waals surface area contributed by atoms with Crippen molar-refractivity contribution in [2.75, 3.05) is 18.0 Å². The molecular weight excluding hydrogens is 538 g/mol. The fourth-order valence-corrected chi connectivity index (χ4v) is 5.48. The second-order valence-electron chi connectivity index (χ2n) is 10.1. The predicted octanol–water partition coefficient (Wildman–Crippen LogP) is 4.88. The summed E-state index contributed by atoms with van der Waals surface area (Å²) in [6, 6.07) is 20.4. The van der Waals surface area contributed by atoms with Crippen LogP contribution in [0.3, 0.4) is 0 Å². The first kappa shape index (κ1) is 30.0. The van der Waals surface area contributed by atoms with Crippen molar-refractivity contribution in [3.05, 3.63) is 89.4 Å². The number of methoxy groups -OCH3 is 1. The maximum atomic E-state index is 13.9. The number of rotatable bonds is 10. The first-order chi connectivity index (χ1) is 18.3. The molecule has 0 bridgehead atoms. The monoisotopic (exact) mass is 571 g/mol. The average Bonchev–Trinajstić information content (AvgIpc) is 2.89. The van der Waals surface area contributed by atoms with Gasteiger partial charge in [-0.15, -0.1) is 0 Å². The second kappa shape index (κ2) is 12.5. The highest BCUT2D eigenvalue weighted by atomic mass is 35.5. The lowest BCUT2D eigenvalue weighted by Gasteiger charge is -2.33. The third-order valence-electron chi connectivity index (χ3n) is 5.88. The zero-order valence-electron chi connectivity index (χ0n) is 22.7. The van der Waals surface area contributed by atoms with Gasteiger partial charge in [-0.25, -0.2) is 8.42 Å². The van der Waals surface area contributed by atoms with Crippen LogP contribution >= 0.6 is 11.6 Å². The molecule has 3 rings (SSSR count). The van der Waals surface area contributed by atoms with Crippen LogP contribution in [-0.2, 0) is 26.2 Å². The van der Waals surface area contributed by atoms with Gasteiger partial charge in [0.25, 0.3) is 10.0 Å². The Morgan fingerprint density at radius 3 is 2.18 bits per heavy atom. The van der Waals surface area contributed by atoms with E-state index in [4.69, 9.17) is 16.3 Å². The highest BCUT2D eigenvalue weighted by Gasteiger charge is 2.33. The van der Waals surface area contributed by atoms with Crippen LogP contribution in [0.2, 0.25) is 5.02 Å². The fourth-order valence-electron chi connectivity index (χ4n) is 3.86. The maximum Gasteiger partial charge on any atom is 0.264 e. The van der Waals surface area contributed by atoms with Crippen molar-refractivity contribution in [3.63, 3.8) is 0 Å². The van der Waals surface area contributed by atoms with Gasteiger partial charge in [-0.3, -0.25) is 13.9 Å². The van der Waals surface area contributed by atoms with Crippen molar-refractivity contribution in [1.29, 1.82) is 0 Å². The normalized spacial score (nSPS) is 12.4. The van der Waals surface area contributed by atoms with Crippen LogP contribution in [0.4, 0.5) is 5.69 Å². The molecule has 0 saturated heterocycles. The van der Waals surface area contributed by atoms with Gasteiger partial charge in [-0.05, 0) is 75.7 Å². The molecule has 0 unspecified atom stereocenters. The summed E-state index contributed by atoms with van der Waals surface area (Å²) in [5.41, 5.74) is 0.458. The van der Waals surface area contributed by atoms with Gasteiger partial charge in [0.2, 0.25) is 11.8 Å². The molecule has 1 atom stereocenters. The van der Waals surface area contributed by atoms with E-state index in [-0.39, 0.29) is 23.0 Å². The van der Waals surface area contributed by atoms with Gasteiger partial charge in [0.1, 0.15) is 18.3 Å². The molecule has 0 saturated carbocycles. The fraction of sp³-hybridized carbons (Fsp3) is 0.310. The molecule has 3 aromatic carbocycles. The van der Waals surface area contributed by atoms with Crippen molar-refractivity contribution in [3.8, 4) is 5.75 Å². The van der Waals surface area contributed by atoms with E-state index in [1.54, 1.807) is 74.7 Å². The average molecular weight is 572 g/mol. The molecule has 0 radical (unpaired) electrons. The largest absolute Gasteiger partial charge is 0.497 e. The summed E-state index contributed by atoms with van der Waals surface area (Å²) in [5.74, 6) is -0.261. The molecule has 0 aliphatic rings. The molecule has 0 heterocycles. The number of nitrogens with one attached hydrogen (secondary N) is 1. The molecule has 208 valence electrons. The van der Waals surface area contributed by atoms with Crippen LogP contribution in [0.1, 0.15) is 33.3 Å². The molecule has 1 N–H and O–H groups in total. The SMILES string of the molecule is COc1ccc(CN(C(=O)CN(c2cccc(Cl)c2)S(=O)(=O)c2ccccc2)[C@H](C)C(=O)NC(C)(C)C)cc1. The van der Waals surface area contributed by atoms with E-state index in [1.807, 2.05) is 20.8 Å². The molecule has 3 aromatic rings. The van der Waals surface area contributed by atoms with E-state index >= 15 is 0 Å². The summed E-state index contributed by atoms with van der Waals surface area (Å²) in [6.45, 7) is 6.71. The number of ether oxygens (including phenoxy) is 1. The molecule has 0 aliphatic heterocycles. The van der Waals surface area contributed by atoms with Gasteiger partial charge in [0.15, 0.2) is 0 Å². The van der Waals surface area contributed by atoms with Crippen LogP contribution in [-0.4, -0.2) is 50.4 Å². The zero-order chi connectivity index (χ0) is 28.8. The van der Waals surface area contributed by atoms with Crippen LogP contribution in [0.5, 0.6) is 5.75 Å². The van der Waals surface area contributed by atoms with Crippen molar-refractivity contribution in [2.45, 2.75) is 50.7 Å². The quantitative estimate of drug-likeness (QED) is 0.374. The Balaban J connectivity index is 2.02. The van der Waals surface area contributed by atoms with E-state index < -0.39 is 34.1 Å². The molecule has 2 amide bonds. The lowest BCUT2D eigenvalue weighted by molar-refractivity contribution is -0.140. The van der Waals surface area contributed by atoms with E-state index in [9.17, 15) is 18.0 Å². The van der Waals surface area contributed by atoms with Gasteiger partial charge in [0.05, 0.1) is 17.7 Å². The Hall–Kier alpha value is -3.56. The Morgan fingerprint density at radius 1 is 0.974 bits per heavy atom. The third kappa shape index (κ3) is 7.97. The Bertz CT molecular complexity index is 1390. The van der Waals surface area contributed by atoms with E-state index in [0.717, 1.165) is 9.87 Å². The van der Waals surface area contributed by atoms with Gasteiger partial charge in [-0.2, -0.15) is 0 Å². The number of carbonyl (C=O) groups excluding carboxylic acids is 2. The van der Waals surface area contributed by atoms with Crippen molar-refractivity contribution < 1.29 is 22.7 Å². The minimum absolute atomic E-state index is 0.0259. The van der Waals surface area contributed by atoms with E-state index in [1.165, 1.54) is 23.1 Å². The third-order valence-corrected chi connectivity index (χ3v) is 7.91. The van der Waals surface area contributed by atoms with Crippen LogP contribution in [0, 0.1) is 0 Å². The second-order valence-corrected chi connectivity index (χ2v) is 12.4. The molecule has 39 heavy (non-hydrogen) atoms. The Morgan fingerprint density at radius 2 is 1.62 bits per heavy atom. The summed E-state index contributed by atoms with van der Waals surface area (Å²) in [4.78, 5) is 28.5. The number of anilines is 1. The zero-order valence-corrected chi connectivity index (χ0v) is 24.3. The minimum Gasteiger partial charge on any atom is -0.497 e. The lowest BCUT2D eigenvalue weighted by atomic mass is 10.1. The van der Waals surface area contributed by atoms with Crippen molar-refractivity contribution >= 4 is 39.1 Å². The van der Waals surface area contributed by atoms with Crippen LogP contribution in [0.15, 0.2) is 83.8 Å². The molecule has 10 heteroatoms. The number of carbonyl (C=O) groups is 2. The number of hydrogen-bond acceptors (Lipinski definition) is 5. The predicted molar refractivity (Wildman–Crippen MR) is 153 cm³/mol. The smallest absolute Gasteiger partial charge is 0.264 e. The standard InChI is InChI=1S/C29H34ClN3O5S/c1-21(28(35)31-29(2,3)4)32(19-22-14-16-25(38-5)17-15-22)27(34)20-33(24-11-9-10-23(30)18-24)39(36,37)26-12-7-6-8-13-26/h6-18,21H,19-20H2,1-5H3,(H,31,35)/t21-/m1/s1. The van der Waals surface area contributed by atoms with Gasteiger partial charge in [0, 0.05) is 17.1 Å². The summed E-state index contributed by atoms with van der Waals surface area (Å²) in [7, 11) is -2.59. The van der Waals surface area contributed by atoms with Crippen molar-refractivity contribution in [1.82, 2.24) is 10.2 Å². The topological polar surface area (TPSA) is 96.0 Å². The lowest BCUT2D eigenvalue weighted by Crippen LogP contribution is -2.54. The van der Waals surface area contributed by atoms with Crippen LogP contribution < -0.4 is 14.4 Å². The first-order valence-electron chi connectivity index (χ1n) is 12.4. The number of amides is 2. The molecular formula is C29H34ClN3O5S. The molecule has 0 aromatic heterocycles. The number of benzene rings is 3. The number of hydrogen-bond donors (Lipinski definition) is 1. The van der Waals surface area contributed by atoms with E-state index in [0.29, 0.717) is 10.8 Å². The number of sulfonamides is 1. The van der Waals surface area contributed by atoms with Gasteiger partial charge < -0.3 is 15.0 Å². The summed E-state index contributed by atoms with van der Waals surface area (Å²) >= 11 is 6.19. The van der Waals surface area contributed by atoms with Gasteiger partial charge >= 0.3 is 0 Å². The number of nitrogens with zero attached hydrogens (tertiary/aromatic N) is 2. The summed E-state index contributed by atoms with van der Waals surface area (Å²) < 4.78 is 33.7. The van der Waals surface area contributed by atoms with Gasteiger partial charge in [-0.1, -0.05) is 48.0 Å². The Kier molecular flexibility index (Phi) is 9.63. The minimum atomic E-state index is -4.15. The summed E-state index contributed by atoms with van der Waals surface area (Å²) in [6.07, 6.45) is 0. The maximum absolute atomic E-state index is 13.9. The van der Waals surface area contributed by atoms with Crippen LogP contribution in [0.25, 0.3) is 0 Å². The summed E-state index contributed by atoms with van der Waals surface area (Å²) in [5, 5.41) is 3.23. The molecule has 0 spiro atoms. The first-order valence-corrected chi connectivity index (χ1v) is 14.2. The van der Waals surface area contributed by atoms with Crippen molar-refractivity contribution in [2.24, 2.45) is 0 Å². The van der Waals surface area contributed by atoms with E-state index in [2.05, 4.69) is 5.32 Å². The highest BCUT2D eigenvalue weighted by Crippen LogP contribution is 2.27. The Labute approximate surface area is 235 Å².